The number of piperidine rings is 1. The van der Waals surface area contributed by atoms with Crippen LogP contribution in [0.5, 0.6) is 5.75 Å². The van der Waals surface area contributed by atoms with E-state index in [1.807, 2.05) is 26.0 Å². The van der Waals surface area contributed by atoms with Gasteiger partial charge in [-0.2, -0.15) is 0 Å². The van der Waals surface area contributed by atoms with Gasteiger partial charge in [0.15, 0.2) is 14.6 Å². The summed E-state index contributed by atoms with van der Waals surface area (Å²) in [5.41, 5.74) is 2.96. The van der Waals surface area contributed by atoms with Crippen molar-refractivity contribution in [2.45, 2.75) is 38.0 Å². The number of halogens is 1. The van der Waals surface area contributed by atoms with Gasteiger partial charge in [-0.05, 0) is 56.5 Å². The smallest absolute Gasteiger partial charge is 0.244 e. The molecule has 1 N–H and O–H groups in total. The first-order valence-corrected chi connectivity index (χ1v) is 10.3. The van der Waals surface area contributed by atoms with Gasteiger partial charge < -0.3 is 15.0 Å². The molecular weight excluding hydrogens is 376 g/mol. The molecule has 1 aromatic carbocycles. The van der Waals surface area contributed by atoms with Gasteiger partial charge in [0.05, 0.1) is 7.11 Å². The number of hydrogen-bond donors (Lipinski definition) is 1. The molecule has 1 aliphatic heterocycles. The van der Waals surface area contributed by atoms with Crippen LogP contribution in [0.2, 0.25) is 0 Å². The standard InChI is InChI=1S/C18H28N2O4S.ClH/c1-13-10-15(11-14(2)16(13)24-4)12-20(3)17(21)18(25(5,22)23)6-8-19-9-7-18;/h10-11,19H,6-9,12H2,1-5H3;1H. The van der Waals surface area contributed by atoms with Crippen LogP contribution in [-0.2, 0) is 21.2 Å². The first kappa shape index (κ1) is 22.7. The molecule has 0 unspecified atom stereocenters. The van der Waals surface area contributed by atoms with Crippen molar-refractivity contribution in [1.82, 2.24) is 10.2 Å². The highest BCUT2D eigenvalue weighted by atomic mass is 35.5. The van der Waals surface area contributed by atoms with E-state index in [-0.39, 0.29) is 18.3 Å². The van der Waals surface area contributed by atoms with E-state index in [0.717, 1.165) is 22.4 Å². The lowest BCUT2D eigenvalue weighted by molar-refractivity contribution is -0.134. The van der Waals surface area contributed by atoms with Gasteiger partial charge in [-0.3, -0.25) is 4.79 Å². The summed E-state index contributed by atoms with van der Waals surface area (Å²) in [5.74, 6) is 0.520. The summed E-state index contributed by atoms with van der Waals surface area (Å²) in [6, 6.07) is 3.95. The molecule has 26 heavy (non-hydrogen) atoms. The second-order valence-electron chi connectivity index (χ2n) is 6.94. The number of aryl methyl sites for hydroxylation is 2. The summed E-state index contributed by atoms with van der Waals surface area (Å²) in [7, 11) is -0.193. The number of sulfone groups is 1. The van der Waals surface area contributed by atoms with Crippen molar-refractivity contribution in [2.24, 2.45) is 0 Å². The number of ether oxygens (including phenoxy) is 1. The van der Waals surface area contributed by atoms with Crippen LogP contribution in [0.25, 0.3) is 0 Å². The first-order chi connectivity index (χ1) is 11.6. The Morgan fingerprint density at radius 3 is 2.15 bits per heavy atom. The van der Waals surface area contributed by atoms with Crippen molar-refractivity contribution in [2.75, 3.05) is 33.5 Å². The van der Waals surface area contributed by atoms with E-state index in [0.29, 0.717) is 32.5 Å². The number of benzene rings is 1. The number of carbonyl (C=O) groups excluding carboxylic acids is 1. The molecule has 8 heteroatoms. The monoisotopic (exact) mass is 404 g/mol. The lowest BCUT2D eigenvalue weighted by Crippen LogP contribution is -2.57. The fraction of sp³-hybridized carbons (Fsp3) is 0.611. The van der Waals surface area contributed by atoms with E-state index in [2.05, 4.69) is 5.32 Å². The first-order valence-electron chi connectivity index (χ1n) is 8.42. The topological polar surface area (TPSA) is 75.7 Å². The number of nitrogens with zero attached hydrogens (tertiary/aromatic N) is 1. The minimum Gasteiger partial charge on any atom is -0.496 e. The van der Waals surface area contributed by atoms with Crippen LogP contribution in [0.3, 0.4) is 0 Å². The molecule has 1 amide bonds. The number of methoxy groups -OCH3 is 1. The molecule has 2 rings (SSSR count). The highest BCUT2D eigenvalue weighted by molar-refractivity contribution is 7.92. The van der Waals surface area contributed by atoms with Crippen LogP contribution in [0.4, 0.5) is 0 Å². The molecule has 0 aromatic heterocycles. The van der Waals surface area contributed by atoms with Gasteiger partial charge in [0.1, 0.15) is 5.75 Å². The summed E-state index contributed by atoms with van der Waals surface area (Å²) in [4.78, 5) is 14.6. The summed E-state index contributed by atoms with van der Waals surface area (Å²) >= 11 is 0. The molecule has 0 atom stereocenters. The maximum absolute atomic E-state index is 13.1. The molecule has 1 aliphatic rings. The Bertz CT molecular complexity index is 735. The van der Waals surface area contributed by atoms with E-state index in [1.54, 1.807) is 14.2 Å². The van der Waals surface area contributed by atoms with E-state index >= 15 is 0 Å². The molecular formula is C18H29ClN2O4S. The maximum atomic E-state index is 13.1. The molecule has 0 radical (unpaired) electrons. The van der Waals surface area contributed by atoms with E-state index < -0.39 is 14.6 Å². The summed E-state index contributed by atoms with van der Waals surface area (Å²) in [5, 5.41) is 3.13. The fourth-order valence-electron chi connectivity index (χ4n) is 3.72. The Hall–Kier alpha value is -1.31. The van der Waals surface area contributed by atoms with Crippen LogP contribution in [-0.4, -0.2) is 57.5 Å². The average Bonchev–Trinajstić information content (AvgIpc) is 2.53. The minimum absolute atomic E-state index is 0. The van der Waals surface area contributed by atoms with Gasteiger partial charge in [0.25, 0.3) is 0 Å². The van der Waals surface area contributed by atoms with Crippen LogP contribution >= 0.6 is 12.4 Å². The van der Waals surface area contributed by atoms with Crippen molar-refractivity contribution in [3.8, 4) is 5.75 Å². The molecule has 0 spiro atoms. The number of hydrogen-bond acceptors (Lipinski definition) is 5. The van der Waals surface area contributed by atoms with Crippen molar-refractivity contribution >= 4 is 28.2 Å². The average molecular weight is 405 g/mol. The van der Waals surface area contributed by atoms with Crippen LogP contribution in [0.1, 0.15) is 29.5 Å². The second-order valence-corrected chi connectivity index (χ2v) is 9.27. The van der Waals surface area contributed by atoms with E-state index in [4.69, 9.17) is 4.74 Å². The lowest BCUT2D eigenvalue weighted by Gasteiger charge is -2.37. The zero-order valence-electron chi connectivity index (χ0n) is 16.1. The van der Waals surface area contributed by atoms with Gasteiger partial charge in [0, 0.05) is 19.8 Å². The number of rotatable bonds is 5. The number of carbonyl (C=O) groups is 1. The van der Waals surface area contributed by atoms with Gasteiger partial charge in [-0.1, -0.05) is 12.1 Å². The van der Waals surface area contributed by atoms with Crippen molar-refractivity contribution in [1.29, 1.82) is 0 Å². The molecule has 1 heterocycles. The Balaban J connectivity index is 0.00000338. The third-order valence-electron chi connectivity index (χ3n) is 5.00. The predicted octanol–water partition coefficient (Wildman–Crippen LogP) is 1.86. The van der Waals surface area contributed by atoms with Gasteiger partial charge in [-0.25, -0.2) is 8.42 Å². The predicted molar refractivity (Wildman–Crippen MR) is 106 cm³/mol. The summed E-state index contributed by atoms with van der Waals surface area (Å²) < 4.78 is 28.9. The van der Waals surface area contributed by atoms with Crippen LogP contribution in [0, 0.1) is 13.8 Å². The van der Waals surface area contributed by atoms with E-state index in [9.17, 15) is 13.2 Å². The third kappa shape index (κ3) is 4.32. The third-order valence-corrected chi connectivity index (χ3v) is 7.00. The summed E-state index contributed by atoms with van der Waals surface area (Å²) in [6.45, 7) is 5.36. The lowest BCUT2D eigenvalue weighted by atomic mass is 9.95. The minimum atomic E-state index is -3.50. The van der Waals surface area contributed by atoms with Gasteiger partial charge >= 0.3 is 0 Å². The molecule has 1 fully saturated rings. The highest BCUT2D eigenvalue weighted by Crippen LogP contribution is 2.31. The fourth-order valence-corrected chi connectivity index (χ4v) is 5.14. The van der Waals surface area contributed by atoms with Gasteiger partial charge in [-0.15, -0.1) is 12.4 Å². The zero-order chi connectivity index (χ0) is 18.8. The Labute approximate surface area is 162 Å². The van der Waals surface area contributed by atoms with Crippen LogP contribution in [0.15, 0.2) is 12.1 Å². The van der Waals surface area contributed by atoms with Crippen molar-refractivity contribution in [3.05, 3.63) is 28.8 Å². The maximum Gasteiger partial charge on any atom is 0.244 e. The molecule has 0 bridgehead atoms. The molecule has 0 saturated carbocycles. The summed E-state index contributed by atoms with van der Waals surface area (Å²) in [6.07, 6.45) is 1.80. The van der Waals surface area contributed by atoms with Crippen molar-refractivity contribution in [3.63, 3.8) is 0 Å². The highest BCUT2D eigenvalue weighted by Gasteiger charge is 2.49. The van der Waals surface area contributed by atoms with Crippen molar-refractivity contribution < 1.29 is 17.9 Å². The number of amides is 1. The second kappa shape index (κ2) is 8.59. The largest absolute Gasteiger partial charge is 0.496 e. The molecule has 0 aliphatic carbocycles. The quantitative estimate of drug-likeness (QED) is 0.810. The Kier molecular flexibility index (Phi) is 7.51. The Morgan fingerprint density at radius 2 is 1.73 bits per heavy atom. The number of nitrogens with one attached hydrogen (secondary N) is 1. The molecule has 6 nitrogen and oxygen atoms in total. The molecule has 1 saturated heterocycles. The molecule has 148 valence electrons. The van der Waals surface area contributed by atoms with Gasteiger partial charge in [0.2, 0.25) is 5.91 Å². The van der Waals surface area contributed by atoms with Crippen LogP contribution < -0.4 is 10.1 Å². The zero-order valence-corrected chi connectivity index (χ0v) is 17.7. The SMILES string of the molecule is COc1c(C)cc(CN(C)C(=O)C2(S(C)(=O)=O)CCNCC2)cc1C.Cl. The Morgan fingerprint density at radius 1 is 1.23 bits per heavy atom. The van der Waals surface area contributed by atoms with E-state index in [1.165, 1.54) is 11.2 Å². The normalized spacial score (nSPS) is 16.5. The molecule has 1 aromatic rings.